The van der Waals surface area contributed by atoms with Gasteiger partial charge in [0.2, 0.25) is 0 Å². The first-order valence-corrected chi connectivity index (χ1v) is 19.2. The summed E-state index contributed by atoms with van der Waals surface area (Å²) < 4.78 is 5.82. The minimum absolute atomic E-state index is 0.0118. The third-order valence-electron chi connectivity index (χ3n) is 12.9. The lowest BCUT2D eigenvalue weighted by Gasteiger charge is -2.36. The van der Waals surface area contributed by atoms with Gasteiger partial charge < -0.3 is 14.9 Å². The Morgan fingerprint density at radius 2 is 0.935 bits per heavy atom. The van der Waals surface area contributed by atoms with Crippen molar-refractivity contribution in [1.29, 1.82) is 0 Å². The van der Waals surface area contributed by atoms with Crippen LogP contribution in [0.3, 0.4) is 0 Å². The number of hydrogen-bond acceptors (Lipinski definition) is 6. The van der Waals surface area contributed by atoms with Crippen molar-refractivity contribution >= 4 is 17.9 Å². The van der Waals surface area contributed by atoms with E-state index in [0.717, 1.165) is 69.6 Å². The molecule has 0 saturated heterocycles. The lowest BCUT2D eigenvalue weighted by Crippen LogP contribution is -2.38. The highest BCUT2D eigenvalue weighted by atomic mass is 17.2. The van der Waals surface area contributed by atoms with Gasteiger partial charge in [0.1, 0.15) is 0 Å². The Hall–Kier alpha value is -1.67. The number of carboxylic acid groups (broad SMARTS) is 2. The molecule has 5 aliphatic carbocycles. The molecule has 46 heavy (non-hydrogen) atoms. The summed E-state index contributed by atoms with van der Waals surface area (Å²) in [6, 6.07) is 0. The largest absolute Gasteiger partial charge is 0.481 e. The topological polar surface area (TPSA) is 119 Å². The van der Waals surface area contributed by atoms with Crippen LogP contribution in [0, 0.1) is 59.2 Å². The number of carbonyl (C=O) groups excluding carboxylic acids is 1. The van der Waals surface area contributed by atoms with E-state index in [2.05, 4.69) is 0 Å². The van der Waals surface area contributed by atoms with Crippen LogP contribution >= 0.6 is 0 Å². The first-order valence-electron chi connectivity index (χ1n) is 19.2. The Kier molecular flexibility index (Phi) is 14.1. The van der Waals surface area contributed by atoms with Gasteiger partial charge in [-0.25, -0.2) is 9.78 Å². The van der Waals surface area contributed by atoms with Crippen LogP contribution in [0.25, 0.3) is 0 Å². The lowest BCUT2D eigenvalue weighted by atomic mass is 9.70. The van der Waals surface area contributed by atoms with E-state index in [1.54, 1.807) is 0 Å². The summed E-state index contributed by atoms with van der Waals surface area (Å²) in [5.41, 5.74) is 0. The number of aliphatic carboxylic acids is 2. The molecule has 8 nitrogen and oxygen atoms in total. The van der Waals surface area contributed by atoms with Gasteiger partial charge in [0.25, 0.3) is 0 Å². The summed E-state index contributed by atoms with van der Waals surface area (Å²) in [6.45, 7) is 1.23. The zero-order chi connectivity index (χ0) is 32.3. The van der Waals surface area contributed by atoms with Gasteiger partial charge in [-0.3, -0.25) is 14.4 Å². The van der Waals surface area contributed by atoms with E-state index in [-0.39, 0.29) is 17.8 Å². The van der Waals surface area contributed by atoms with Crippen molar-refractivity contribution in [2.75, 3.05) is 19.8 Å². The third-order valence-corrected chi connectivity index (χ3v) is 12.9. The minimum Gasteiger partial charge on any atom is -0.481 e. The zero-order valence-corrected chi connectivity index (χ0v) is 28.3. The van der Waals surface area contributed by atoms with Crippen LogP contribution < -0.4 is 0 Å². The predicted molar refractivity (Wildman–Crippen MR) is 175 cm³/mol. The number of hydrogen-bond donors (Lipinski definition) is 2. The standard InChI is InChI=1S/C38H62O8/c39-36(40)33-17-15-30(19-26-7-3-1-4-8-26)21-32(33)25-46-45-24-29-13-11-28(12-14-29)23-44-38(43)35-22-31(16-18-34(35)37(41)42)20-27-9-5-2-6-10-27/h26-35H,1-25H2,(H,39,40)(H,41,42). The highest BCUT2D eigenvalue weighted by Gasteiger charge is 2.41. The lowest BCUT2D eigenvalue weighted by molar-refractivity contribution is -0.312. The first-order chi connectivity index (χ1) is 22.4. The van der Waals surface area contributed by atoms with E-state index < -0.39 is 23.8 Å². The molecule has 0 heterocycles. The highest BCUT2D eigenvalue weighted by molar-refractivity contribution is 5.81. The van der Waals surface area contributed by atoms with E-state index in [1.165, 1.54) is 70.6 Å². The normalized spacial score (nSPS) is 35.0. The maximum Gasteiger partial charge on any atom is 0.309 e. The molecule has 0 amide bonds. The first kappa shape index (κ1) is 35.6. The fourth-order valence-electron chi connectivity index (χ4n) is 10.1. The van der Waals surface area contributed by atoms with Gasteiger partial charge in [-0.05, 0) is 118 Å². The van der Waals surface area contributed by atoms with E-state index in [9.17, 15) is 24.6 Å². The Bertz CT molecular complexity index is 948. The third kappa shape index (κ3) is 10.7. The zero-order valence-electron chi connectivity index (χ0n) is 28.3. The average Bonchev–Trinajstić information content (AvgIpc) is 3.07. The summed E-state index contributed by atoms with van der Waals surface area (Å²) in [4.78, 5) is 48.4. The average molecular weight is 647 g/mol. The number of carboxylic acids is 2. The van der Waals surface area contributed by atoms with Crippen LogP contribution in [-0.2, 0) is 28.9 Å². The van der Waals surface area contributed by atoms with E-state index in [0.29, 0.717) is 56.3 Å². The van der Waals surface area contributed by atoms with Gasteiger partial charge in [-0.1, -0.05) is 64.2 Å². The summed E-state index contributed by atoms with van der Waals surface area (Å²) in [5, 5.41) is 19.6. The molecular formula is C38H62O8. The quantitative estimate of drug-likeness (QED) is 0.0835. The van der Waals surface area contributed by atoms with Crippen LogP contribution in [0.4, 0.5) is 0 Å². The summed E-state index contributed by atoms with van der Waals surface area (Å²) >= 11 is 0. The molecule has 8 heteroatoms. The summed E-state index contributed by atoms with van der Waals surface area (Å²) in [6.07, 6.45) is 24.3. The Morgan fingerprint density at radius 3 is 1.50 bits per heavy atom. The molecule has 0 aromatic rings. The molecule has 5 rings (SSSR count). The van der Waals surface area contributed by atoms with Gasteiger partial charge in [0.15, 0.2) is 0 Å². The van der Waals surface area contributed by atoms with Gasteiger partial charge in [-0.15, -0.1) is 0 Å². The van der Waals surface area contributed by atoms with Crippen molar-refractivity contribution in [2.45, 2.75) is 141 Å². The maximum absolute atomic E-state index is 13.2. The molecule has 0 aromatic heterocycles. The summed E-state index contributed by atoms with van der Waals surface area (Å²) in [7, 11) is 0. The van der Waals surface area contributed by atoms with Crippen LogP contribution in [0.15, 0.2) is 0 Å². The fourth-order valence-corrected chi connectivity index (χ4v) is 10.1. The van der Waals surface area contributed by atoms with Gasteiger partial charge in [-0.2, -0.15) is 0 Å². The van der Waals surface area contributed by atoms with Crippen molar-refractivity contribution in [2.24, 2.45) is 59.2 Å². The van der Waals surface area contributed by atoms with Crippen molar-refractivity contribution < 1.29 is 39.1 Å². The second kappa shape index (κ2) is 18.2. The fraction of sp³-hybridized carbons (Fsp3) is 0.921. The monoisotopic (exact) mass is 646 g/mol. The minimum atomic E-state index is -0.859. The molecular weight excluding hydrogens is 584 g/mol. The second-order valence-corrected chi connectivity index (χ2v) is 16.2. The molecule has 0 bridgehead atoms. The molecule has 5 fully saturated rings. The number of carbonyl (C=O) groups is 3. The molecule has 2 N–H and O–H groups in total. The Labute approximate surface area is 277 Å². The molecule has 0 radical (unpaired) electrons. The molecule has 0 aromatic carbocycles. The van der Waals surface area contributed by atoms with E-state index in [1.807, 2.05) is 0 Å². The summed E-state index contributed by atoms with van der Waals surface area (Å²) in [5.74, 6) is -0.0720. The van der Waals surface area contributed by atoms with Crippen molar-refractivity contribution in [3.8, 4) is 0 Å². The molecule has 5 aliphatic rings. The predicted octanol–water partition coefficient (Wildman–Crippen LogP) is 8.46. The van der Waals surface area contributed by atoms with E-state index >= 15 is 0 Å². The van der Waals surface area contributed by atoms with Crippen molar-refractivity contribution in [3.63, 3.8) is 0 Å². The second-order valence-electron chi connectivity index (χ2n) is 16.2. The molecule has 0 aliphatic heterocycles. The van der Waals surface area contributed by atoms with Crippen LogP contribution in [0.2, 0.25) is 0 Å². The molecule has 6 unspecified atom stereocenters. The van der Waals surface area contributed by atoms with Gasteiger partial charge in [0, 0.05) is 0 Å². The Balaban J connectivity index is 0.978. The Morgan fingerprint density at radius 1 is 0.457 bits per heavy atom. The van der Waals surface area contributed by atoms with Gasteiger partial charge >= 0.3 is 17.9 Å². The maximum atomic E-state index is 13.2. The van der Waals surface area contributed by atoms with Crippen LogP contribution in [0.1, 0.15) is 141 Å². The molecule has 6 atom stereocenters. The smallest absolute Gasteiger partial charge is 0.309 e. The number of ether oxygens (including phenoxy) is 1. The van der Waals surface area contributed by atoms with Crippen LogP contribution in [0.5, 0.6) is 0 Å². The molecule has 5 saturated carbocycles. The SMILES string of the molecule is O=C(O)C1CCC(CC2CCCCC2)CC1COOCC1CCC(COC(=O)C2CC(CC3CCCCC3)CCC2C(=O)O)CC1. The number of rotatable bonds is 14. The number of esters is 1. The van der Waals surface area contributed by atoms with E-state index in [4.69, 9.17) is 14.5 Å². The molecule has 262 valence electrons. The van der Waals surface area contributed by atoms with Gasteiger partial charge in [0.05, 0.1) is 37.6 Å². The van der Waals surface area contributed by atoms with Crippen molar-refractivity contribution in [1.82, 2.24) is 0 Å². The molecule has 0 spiro atoms. The highest BCUT2D eigenvalue weighted by Crippen LogP contribution is 2.42. The van der Waals surface area contributed by atoms with Crippen molar-refractivity contribution in [3.05, 3.63) is 0 Å². The van der Waals surface area contributed by atoms with Crippen LogP contribution in [-0.4, -0.2) is 47.9 Å².